The Morgan fingerprint density at radius 3 is 2.61 bits per heavy atom. The molecule has 0 aliphatic rings. The molecule has 0 saturated carbocycles. The van der Waals surface area contributed by atoms with Crippen LogP contribution in [0.2, 0.25) is 0 Å². The number of aromatic nitrogens is 1. The monoisotopic (exact) mass is 421 g/mol. The molecule has 2 aromatic carbocycles. The molecule has 28 heavy (non-hydrogen) atoms. The molecule has 0 unspecified atom stereocenters. The van der Waals surface area contributed by atoms with Gasteiger partial charge in [0.15, 0.2) is 21.3 Å². The van der Waals surface area contributed by atoms with Gasteiger partial charge in [-0.05, 0) is 31.2 Å². The minimum absolute atomic E-state index is 0.161. The predicted octanol–water partition coefficient (Wildman–Crippen LogP) is 4.47. The van der Waals surface area contributed by atoms with Crippen LogP contribution in [0.15, 0.2) is 47.8 Å². The number of halogens is 1. The number of benzene rings is 2. The van der Waals surface area contributed by atoms with Crippen LogP contribution >= 0.6 is 11.3 Å². The summed E-state index contributed by atoms with van der Waals surface area (Å²) in [5.74, 6) is 0.0999. The molecule has 8 heteroatoms. The number of hydrogen-bond acceptors (Lipinski definition) is 6. The normalized spacial score (nSPS) is 11.4. The summed E-state index contributed by atoms with van der Waals surface area (Å²) in [6.07, 6.45) is 0. The SMILES string of the molecule is CCOc1ccc(-c2nc(CS(=O)(=O)Cc3ccccc3F)cs2)cc1OC. The number of sulfone groups is 1. The van der Waals surface area contributed by atoms with Crippen LogP contribution in [0.4, 0.5) is 4.39 Å². The highest BCUT2D eigenvalue weighted by Gasteiger charge is 2.18. The maximum absolute atomic E-state index is 13.7. The zero-order valence-electron chi connectivity index (χ0n) is 15.5. The zero-order chi connectivity index (χ0) is 20.1. The highest BCUT2D eigenvalue weighted by atomic mass is 32.2. The first kappa shape index (κ1) is 20.3. The van der Waals surface area contributed by atoms with E-state index in [2.05, 4.69) is 4.98 Å². The van der Waals surface area contributed by atoms with Gasteiger partial charge in [0.05, 0.1) is 30.9 Å². The van der Waals surface area contributed by atoms with Crippen molar-refractivity contribution >= 4 is 21.2 Å². The maximum Gasteiger partial charge on any atom is 0.161 e. The van der Waals surface area contributed by atoms with Crippen molar-refractivity contribution in [1.29, 1.82) is 0 Å². The topological polar surface area (TPSA) is 65.5 Å². The van der Waals surface area contributed by atoms with E-state index < -0.39 is 15.7 Å². The molecule has 0 atom stereocenters. The van der Waals surface area contributed by atoms with E-state index in [0.29, 0.717) is 28.8 Å². The predicted molar refractivity (Wildman–Crippen MR) is 108 cm³/mol. The highest BCUT2D eigenvalue weighted by molar-refractivity contribution is 7.89. The minimum Gasteiger partial charge on any atom is -0.493 e. The lowest BCUT2D eigenvalue weighted by atomic mass is 10.2. The smallest absolute Gasteiger partial charge is 0.161 e. The molecule has 0 bridgehead atoms. The maximum atomic E-state index is 13.7. The van der Waals surface area contributed by atoms with Gasteiger partial charge in [-0.15, -0.1) is 11.3 Å². The fourth-order valence-corrected chi connectivity index (χ4v) is 5.04. The summed E-state index contributed by atoms with van der Waals surface area (Å²) in [6, 6.07) is 11.3. The van der Waals surface area contributed by atoms with Crippen LogP contribution in [-0.4, -0.2) is 27.1 Å². The van der Waals surface area contributed by atoms with Gasteiger partial charge < -0.3 is 9.47 Å². The molecular weight excluding hydrogens is 401 g/mol. The summed E-state index contributed by atoms with van der Waals surface area (Å²) in [7, 11) is -1.99. The number of ether oxygens (including phenoxy) is 2. The van der Waals surface area contributed by atoms with Crippen molar-refractivity contribution in [1.82, 2.24) is 4.98 Å². The molecule has 148 valence electrons. The first-order chi connectivity index (χ1) is 13.4. The number of hydrogen-bond donors (Lipinski definition) is 0. The summed E-state index contributed by atoms with van der Waals surface area (Å²) < 4.78 is 49.5. The Kier molecular flexibility index (Phi) is 6.31. The van der Waals surface area contributed by atoms with Crippen LogP contribution in [0.25, 0.3) is 10.6 Å². The van der Waals surface area contributed by atoms with E-state index in [1.165, 1.54) is 29.5 Å². The lowest BCUT2D eigenvalue weighted by Gasteiger charge is -2.10. The van der Waals surface area contributed by atoms with Crippen LogP contribution in [0.3, 0.4) is 0 Å². The summed E-state index contributed by atoms with van der Waals surface area (Å²) in [4.78, 5) is 4.43. The van der Waals surface area contributed by atoms with Crippen LogP contribution in [0, 0.1) is 5.82 Å². The van der Waals surface area contributed by atoms with Crippen molar-refractivity contribution in [3.05, 3.63) is 64.9 Å². The van der Waals surface area contributed by atoms with Crippen molar-refractivity contribution in [3.63, 3.8) is 0 Å². The quantitative estimate of drug-likeness (QED) is 0.537. The van der Waals surface area contributed by atoms with Crippen LogP contribution in [-0.2, 0) is 21.3 Å². The van der Waals surface area contributed by atoms with Crippen LogP contribution in [0.5, 0.6) is 11.5 Å². The second-order valence-corrected chi connectivity index (χ2v) is 8.99. The second kappa shape index (κ2) is 8.70. The van der Waals surface area contributed by atoms with E-state index >= 15 is 0 Å². The molecule has 0 aliphatic carbocycles. The Labute approximate surface area is 167 Å². The Morgan fingerprint density at radius 1 is 1.11 bits per heavy atom. The molecule has 0 amide bonds. The molecule has 0 radical (unpaired) electrons. The van der Waals surface area contributed by atoms with Gasteiger partial charge in [-0.25, -0.2) is 17.8 Å². The average molecular weight is 422 g/mol. The van der Waals surface area contributed by atoms with E-state index in [9.17, 15) is 12.8 Å². The molecule has 0 spiro atoms. The van der Waals surface area contributed by atoms with Crippen molar-refractivity contribution in [3.8, 4) is 22.1 Å². The molecule has 1 aromatic heterocycles. The standard InChI is InChI=1S/C20H20FNO4S2/c1-3-26-18-9-8-14(10-19(18)25-2)20-22-16(11-27-20)13-28(23,24)12-15-6-4-5-7-17(15)21/h4-11H,3,12-13H2,1-2H3. The summed E-state index contributed by atoms with van der Waals surface area (Å²) in [5, 5.41) is 2.38. The molecule has 5 nitrogen and oxygen atoms in total. The average Bonchev–Trinajstić information content (AvgIpc) is 3.11. The number of methoxy groups -OCH3 is 1. The Balaban J connectivity index is 1.78. The third-order valence-electron chi connectivity index (χ3n) is 3.96. The summed E-state index contributed by atoms with van der Waals surface area (Å²) >= 11 is 1.35. The van der Waals surface area contributed by atoms with Crippen molar-refractivity contribution in [2.24, 2.45) is 0 Å². The molecule has 3 aromatic rings. The zero-order valence-corrected chi connectivity index (χ0v) is 17.1. The van der Waals surface area contributed by atoms with Gasteiger partial charge in [-0.3, -0.25) is 0 Å². The van der Waals surface area contributed by atoms with Crippen molar-refractivity contribution < 1.29 is 22.3 Å². The van der Waals surface area contributed by atoms with E-state index in [1.807, 2.05) is 13.0 Å². The fourth-order valence-electron chi connectivity index (χ4n) is 2.71. The second-order valence-electron chi connectivity index (χ2n) is 6.07. The third kappa shape index (κ3) is 4.88. The number of rotatable bonds is 8. The molecule has 0 aliphatic heterocycles. The van der Waals surface area contributed by atoms with Gasteiger partial charge in [0, 0.05) is 16.5 Å². The first-order valence-corrected chi connectivity index (χ1v) is 11.3. The van der Waals surface area contributed by atoms with Gasteiger partial charge in [-0.1, -0.05) is 18.2 Å². The van der Waals surface area contributed by atoms with Crippen molar-refractivity contribution in [2.45, 2.75) is 18.4 Å². The van der Waals surface area contributed by atoms with Gasteiger partial charge in [0.2, 0.25) is 0 Å². The van der Waals surface area contributed by atoms with E-state index in [4.69, 9.17) is 9.47 Å². The molecular formula is C20H20FNO4S2. The van der Waals surface area contributed by atoms with Gasteiger partial charge in [0.1, 0.15) is 10.8 Å². The Bertz CT molecular complexity index is 1060. The first-order valence-electron chi connectivity index (χ1n) is 8.61. The van der Waals surface area contributed by atoms with E-state index in [-0.39, 0.29) is 17.1 Å². The third-order valence-corrected chi connectivity index (χ3v) is 6.39. The van der Waals surface area contributed by atoms with Crippen molar-refractivity contribution in [2.75, 3.05) is 13.7 Å². The molecule has 0 saturated heterocycles. The highest BCUT2D eigenvalue weighted by Crippen LogP contribution is 2.34. The van der Waals surface area contributed by atoms with Gasteiger partial charge in [-0.2, -0.15) is 0 Å². The lowest BCUT2D eigenvalue weighted by molar-refractivity contribution is 0.311. The Hall–Kier alpha value is -2.45. The number of thiazole rings is 1. The van der Waals surface area contributed by atoms with Crippen LogP contribution in [0.1, 0.15) is 18.2 Å². The van der Waals surface area contributed by atoms with Gasteiger partial charge >= 0.3 is 0 Å². The summed E-state index contributed by atoms with van der Waals surface area (Å²) in [5.41, 5.74) is 1.40. The lowest BCUT2D eigenvalue weighted by Crippen LogP contribution is -2.09. The van der Waals surface area contributed by atoms with E-state index in [0.717, 1.165) is 5.56 Å². The molecule has 3 rings (SSSR count). The summed E-state index contributed by atoms with van der Waals surface area (Å²) in [6.45, 7) is 2.42. The molecule has 0 fully saturated rings. The molecule has 0 N–H and O–H groups in total. The molecule has 1 heterocycles. The Morgan fingerprint density at radius 2 is 1.89 bits per heavy atom. The largest absolute Gasteiger partial charge is 0.493 e. The van der Waals surface area contributed by atoms with Gasteiger partial charge in [0.25, 0.3) is 0 Å². The van der Waals surface area contributed by atoms with Crippen LogP contribution < -0.4 is 9.47 Å². The number of nitrogens with zero attached hydrogens (tertiary/aromatic N) is 1. The fraction of sp³-hybridized carbons (Fsp3) is 0.250. The van der Waals surface area contributed by atoms with E-state index in [1.54, 1.807) is 30.7 Å². The minimum atomic E-state index is -3.55.